The monoisotopic (exact) mass is 298 g/mol. The zero-order chi connectivity index (χ0) is 16.3. The molecule has 1 heterocycles. The topological polar surface area (TPSA) is 132 Å². The van der Waals surface area contributed by atoms with Crippen LogP contribution in [-0.2, 0) is 6.54 Å². The highest BCUT2D eigenvalue weighted by molar-refractivity contribution is 5.92. The van der Waals surface area contributed by atoms with Gasteiger partial charge in [-0.25, -0.2) is 0 Å². The van der Waals surface area contributed by atoms with Gasteiger partial charge < -0.3 is 10.3 Å². The van der Waals surface area contributed by atoms with E-state index in [1.165, 1.54) is 0 Å². The molecule has 0 saturated heterocycles. The Hall–Kier alpha value is -3.47. The maximum absolute atomic E-state index is 12.1. The van der Waals surface area contributed by atoms with Gasteiger partial charge in [0.05, 0.1) is 29.3 Å². The van der Waals surface area contributed by atoms with Crippen LogP contribution in [0.15, 0.2) is 41.3 Å². The van der Waals surface area contributed by atoms with Gasteiger partial charge in [-0.1, -0.05) is 12.1 Å². The number of nitrogens with two attached hydrogens (primary N) is 1. The number of hydrogen-bond donors (Lipinski definition) is 1. The van der Waals surface area contributed by atoms with Crippen molar-refractivity contribution in [3.8, 4) is 6.07 Å². The van der Waals surface area contributed by atoms with Gasteiger partial charge in [-0.3, -0.25) is 19.7 Å². The van der Waals surface area contributed by atoms with Gasteiger partial charge in [0.1, 0.15) is 5.56 Å². The zero-order valence-corrected chi connectivity index (χ0v) is 11.2. The maximum Gasteiger partial charge on any atom is 0.286 e. The summed E-state index contributed by atoms with van der Waals surface area (Å²) >= 11 is 0. The number of rotatable bonds is 4. The summed E-state index contributed by atoms with van der Waals surface area (Å²) in [5.41, 5.74) is 4.63. The van der Waals surface area contributed by atoms with Crippen LogP contribution in [0.4, 0.5) is 5.69 Å². The quantitative estimate of drug-likeness (QED) is 0.657. The Balaban J connectivity index is 2.49. The van der Waals surface area contributed by atoms with Crippen molar-refractivity contribution in [3.63, 3.8) is 0 Å². The van der Waals surface area contributed by atoms with Crippen molar-refractivity contribution in [1.29, 1.82) is 5.26 Å². The van der Waals surface area contributed by atoms with Crippen LogP contribution >= 0.6 is 0 Å². The lowest BCUT2D eigenvalue weighted by molar-refractivity contribution is -0.385. The highest BCUT2D eigenvalue weighted by atomic mass is 16.6. The smallest absolute Gasteiger partial charge is 0.286 e. The summed E-state index contributed by atoms with van der Waals surface area (Å²) in [4.78, 5) is 33.5. The SMILES string of the molecule is N#Cc1ccc(Cn2cc([N+](=O)[O-])cc(C(N)=O)c2=O)cc1. The van der Waals surface area contributed by atoms with Crippen molar-refractivity contribution in [2.75, 3.05) is 0 Å². The Morgan fingerprint density at radius 2 is 2.00 bits per heavy atom. The van der Waals surface area contributed by atoms with Gasteiger partial charge in [0.15, 0.2) is 0 Å². The standard InChI is InChI=1S/C14H10N4O4/c15-6-9-1-3-10(4-2-9)7-17-8-11(18(21)22)5-12(13(16)19)14(17)20/h1-5,8H,7H2,(H2,16,19). The highest BCUT2D eigenvalue weighted by Gasteiger charge is 2.17. The fourth-order valence-electron chi connectivity index (χ4n) is 1.90. The van der Waals surface area contributed by atoms with E-state index in [-0.39, 0.29) is 6.54 Å². The molecule has 2 N–H and O–H groups in total. The first-order valence-corrected chi connectivity index (χ1v) is 6.10. The van der Waals surface area contributed by atoms with Gasteiger partial charge in [0.25, 0.3) is 17.2 Å². The number of nitro groups is 1. The zero-order valence-electron chi connectivity index (χ0n) is 11.2. The Labute approximate surface area is 124 Å². The molecule has 0 atom stereocenters. The third-order valence-corrected chi connectivity index (χ3v) is 2.98. The molecule has 0 saturated carbocycles. The largest absolute Gasteiger partial charge is 0.365 e. The van der Waals surface area contributed by atoms with E-state index < -0.39 is 27.6 Å². The van der Waals surface area contributed by atoms with E-state index in [1.807, 2.05) is 6.07 Å². The predicted octanol–water partition coefficient (Wildman–Crippen LogP) is 0.775. The number of benzene rings is 1. The van der Waals surface area contributed by atoms with Crippen LogP contribution in [0.3, 0.4) is 0 Å². The van der Waals surface area contributed by atoms with Crippen molar-refractivity contribution in [2.45, 2.75) is 6.54 Å². The summed E-state index contributed by atoms with van der Waals surface area (Å²) < 4.78 is 1.04. The molecule has 0 unspecified atom stereocenters. The minimum Gasteiger partial charge on any atom is -0.365 e. The van der Waals surface area contributed by atoms with Crippen LogP contribution in [0, 0.1) is 21.4 Å². The molecule has 0 spiro atoms. The average Bonchev–Trinajstić information content (AvgIpc) is 2.49. The number of carbonyl (C=O) groups is 1. The van der Waals surface area contributed by atoms with Crippen LogP contribution < -0.4 is 11.3 Å². The number of nitrogens with zero attached hydrogens (tertiary/aromatic N) is 3. The lowest BCUT2D eigenvalue weighted by Gasteiger charge is -2.07. The highest BCUT2D eigenvalue weighted by Crippen LogP contribution is 2.12. The Bertz CT molecular complexity index is 847. The van der Waals surface area contributed by atoms with Crippen molar-refractivity contribution in [2.24, 2.45) is 5.73 Å². The van der Waals surface area contributed by atoms with Gasteiger partial charge in [0, 0.05) is 6.07 Å². The van der Waals surface area contributed by atoms with Crippen molar-refractivity contribution < 1.29 is 9.72 Å². The van der Waals surface area contributed by atoms with E-state index in [4.69, 9.17) is 11.0 Å². The van der Waals surface area contributed by atoms with Crippen LogP contribution in [0.2, 0.25) is 0 Å². The molecular formula is C14H10N4O4. The Morgan fingerprint density at radius 1 is 1.36 bits per heavy atom. The average molecular weight is 298 g/mol. The molecule has 110 valence electrons. The van der Waals surface area contributed by atoms with Gasteiger partial charge in [-0.2, -0.15) is 5.26 Å². The summed E-state index contributed by atoms with van der Waals surface area (Å²) in [6, 6.07) is 9.18. The fraction of sp³-hybridized carbons (Fsp3) is 0.0714. The molecule has 2 rings (SSSR count). The summed E-state index contributed by atoms with van der Waals surface area (Å²) in [5, 5.41) is 19.6. The van der Waals surface area contributed by atoms with Gasteiger partial charge in [0.2, 0.25) is 0 Å². The third-order valence-electron chi connectivity index (χ3n) is 2.98. The minimum absolute atomic E-state index is 0.0203. The Kier molecular flexibility index (Phi) is 3.99. The number of nitriles is 1. The summed E-state index contributed by atoms with van der Waals surface area (Å²) in [6.07, 6.45) is 1.05. The third kappa shape index (κ3) is 2.99. The van der Waals surface area contributed by atoms with Gasteiger partial charge in [-0.15, -0.1) is 0 Å². The number of hydrogen-bond acceptors (Lipinski definition) is 5. The summed E-state index contributed by atoms with van der Waals surface area (Å²) in [7, 11) is 0. The number of amides is 1. The molecular weight excluding hydrogens is 288 g/mol. The number of aromatic nitrogens is 1. The van der Waals surface area contributed by atoms with E-state index in [2.05, 4.69) is 0 Å². The molecule has 22 heavy (non-hydrogen) atoms. The molecule has 0 aliphatic heterocycles. The summed E-state index contributed by atoms with van der Waals surface area (Å²) in [5.74, 6) is -1.03. The van der Waals surface area contributed by atoms with Crippen LogP contribution in [0.1, 0.15) is 21.5 Å². The van der Waals surface area contributed by atoms with Gasteiger partial charge in [-0.05, 0) is 17.7 Å². The number of pyridine rings is 1. The van der Waals surface area contributed by atoms with E-state index in [9.17, 15) is 19.7 Å². The number of primary amides is 1. The second kappa shape index (κ2) is 5.88. The minimum atomic E-state index is -1.03. The molecule has 0 aliphatic rings. The van der Waals surface area contributed by atoms with E-state index >= 15 is 0 Å². The first-order chi connectivity index (χ1) is 10.4. The molecule has 0 radical (unpaired) electrons. The van der Waals surface area contributed by atoms with Gasteiger partial charge >= 0.3 is 0 Å². The molecule has 2 aromatic rings. The normalized spacial score (nSPS) is 9.95. The van der Waals surface area contributed by atoms with Crippen molar-refractivity contribution in [3.05, 3.63) is 73.7 Å². The molecule has 8 heteroatoms. The van der Waals surface area contributed by atoms with Crippen LogP contribution in [-0.4, -0.2) is 15.4 Å². The maximum atomic E-state index is 12.1. The molecule has 1 aromatic heterocycles. The molecule has 1 amide bonds. The predicted molar refractivity (Wildman–Crippen MR) is 76.1 cm³/mol. The lowest BCUT2D eigenvalue weighted by Crippen LogP contribution is -2.30. The fourth-order valence-corrected chi connectivity index (χ4v) is 1.90. The first kappa shape index (κ1) is 14.9. The van der Waals surface area contributed by atoms with Crippen LogP contribution in [0.5, 0.6) is 0 Å². The van der Waals surface area contributed by atoms with Crippen molar-refractivity contribution >= 4 is 11.6 Å². The Morgan fingerprint density at radius 3 is 2.50 bits per heavy atom. The molecule has 0 bridgehead atoms. The van der Waals surface area contributed by atoms with E-state index in [1.54, 1.807) is 24.3 Å². The first-order valence-electron chi connectivity index (χ1n) is 6.10. The number of carbonyl (C=O) groups excluding carboxylic acids is 1. The second-order valence-corrected chi connectivity index (χ2v) is 4.48. The summed E-state index contributed by atoms with van der Waals surface area (Å²) in [6.45, 7) is 0.0203. The second-order valence-electron chi connectivity index (χ2n) is 4.48. The molecule has 8 nitrogen and oxygen atoms in total. The van der Waals surface area contributed by atoms with Crippen LogP contribution in [0.25, 0.3) is 0 Å². The molecule has 0 fully saturated rings. The van der Waals surface area contributed by atoms with E-state index in [0.717, 1.165) is 16.8 Å². The molecule has 0 aliphatic carbocycles. The van der Waals surface area contributed by atoms with Crippen molar-refractivity contribution in [1.82, 2.24) is 4.57 Å². The lowest BCUT2D eigenvalue weighted by atomic mass is 10.1. The molecule has 1 aromatic carbocycles. The van der Waals surface area contributed by atoms with E-state index in [0.29, 0.717) is 11.1 Å².